The van der Waals surface area contributed by atoms with Crippen LogP contribution >= 0.6 is 0 Å². The summed E-state index contributed by atoms with van der Waals surface area (Å²) in [5.41, 5.74) is -1.85. The Morgan fingerprint density at radius 2 is 1.62 bits per heavy atom. The molecule has 1 saturated carbocycles. The molecule has 0 aromatic rings. The first-order valence-corrected chi connectivity index (χ1v) is 7.20. The molecular weight excluding hydrogens is 274 g/mol. The normalized spacial score (nSPS) is 20.3. The standard InChI is InChI=1S/C15H27NO5/c1-13(2,3)11(16-12(20)21-14(4,5)6)15(7-8-15)9(17)10(18)19/h9,11,17H,7-8H2,1-6H3,(H,16,20)(H,18,19). The van der Waals surface area contributed by atoms with Crippen LogP contribution in [0.1, 0.15) is 54.4 Å². The van der Waals surface area contributed by atoms with Crippen molar-refractivity contribution in [2.24, 2.45) is 10.8 Å². The predicted molar refractivity (Wildman–Crippen MR) is 77.9 cm³/mol. The molecule has 0 radical (unpaired) electrons. The number of carboxylic acid groups (broad SMARTS) is 1. The summed E-state index contributed by atoms with van der Waals surface area (Å²) in [5.74, 6) is -1.26. The zero-order valence-electron chi connectivity index (χ0n) is 13.7. The third kappa shape index (κ3) is 4.33. The van der Waals surface area contributed by atoms with Crippen molar-refractivity contribution in [1.29, 1.82) is 0 Å². The largest absolute Gasteiger partial charge is 0.479 e. The minimum absolute atomic E-state index is 0.399. The molecule has 1 aliphatic rings. The third-order valence-corrected chi connectivity index (χ3v) is 3.71. The van der Waals surface area contributed by atoms with Crippen LogP contribution in [0.2, 0.25) is 0 Å². The number of ether oxygens (including phenoxy) is 1. The second-order valence-electron chi connectivity index (χ2n) is 7.92. The molecule has 3 N–H and O–H groups in total. The summed E-state index contributed by atoms with van der Waals surface area (Å²) in [4.78, 5) is 23.2. The lowest BCUT2D eigenvalue weighted by Crippen LogP contribution is -2.55. The fourth-order valence-electron chi connectivity index (χ4n) is 2.76. The van der Waals surface area contributed by atoms with E-state index in [4.69, 9.17) is 9.84 Å². The fraction of sp³-hybridized carbons (Fsp3) is 0.867. The molecule has 0 bridgehead atoms. The maximum absolute atomic E-state index is 12.0. The molecule has 0 aromatic carbocycles. The summed E-state index contributed by atoms with van der Waals surface area (Å²) < 4.78 is 5.25. The van der Waals surface area contributed by atoms with Gasteiger partial charge >= 0.3 is 12.1 Å². The van der Waals surface area contributed by atoms with Gasteiger partial charge in [-0.2, -0.15) is 0 Å². The number of amides is 1. The molecule has 2 atom stereocenters. The van der Waals surface area contributed by atoms with Gasteiger partial charge in [0, 0.05) is 11.5 Å². The van der Waals surface area contributed by atoms with Crippen molar-refractivity contribution >= 4 is 12.1 Å². The molecular formula is C15H27NO5. The number of aliphatic hydroxyl groups excluding tert-OH is 1. The smallest absolute Gasteiger partial charge is 0.407 e. The lowest BCUT2D eigenvalue weighted by Gasteiger charge is -2.39. The number of hydrogen-bond donors (Lipinski definition) is 3. The number of alkyl carbamates (subject to hydrolysis) is 1. The van der Waals surface area contributed by atoms with Gasteiger partial charge in [0.2, 0.25) is 0 Å². The van der Waals surface area contributed by atoms with Crippen molar-refractivity contribution in [2.75, 3.05) is 0 Å². The summed E-state index contributed by atoms with van der Waals surface area (Å²) >= 11 is 0. The Kier molecular flexibility index (Phi) is 4.63. The lowest BCUT2D eigenvalue weighted by atomic mass is 9.74. The Hall–Kier alpha value is -1.30. The number of nitrogens with one attached hydrogen (secondary N) is 1. The van der Waals surface area contributed by atoms with Gasteiger partial charge in [0.25, 0.3) is 0 Å². The molecule has 2 unspecified atom stereocenters. The molecule has 1 aliphatic carbocycles. The number of carboxylic acids is 1. The highest BCUT2D eigenvalue weighted by Gasteiger charge is 2.60. The summed E-state index contributed by atoms with van der Waals surface area (Å²) in [6, 6.07) is -0.481. The van der Waals surface area contributed by atoms with E-state index in [0.717, 1.165) is 0 Å². The van der Waals surface area contributed by atoms with E-state index in [0.29, 0.717) is 12.8 Å². The molecule has 0 aromatic heterocycles. The topological polar surface area (TPSA) is 95.9 Å². The quantitative estimate of drug-likeness (QED) is 0.739. The van der Waals surface area contributed by atoms with Gasteiger partial charge in [0.15, 0.2) is 6.10 Å². The molecule has 6 heteroatoms. The van der Waals surface area contributed by atoms with Gasteiger partial charge in [-0.15, -0.1) is 0 Å². The Balaban J connectivity index is 2.94. The van der Waals surface area contributed by atoms with Crippen molar-refractivity contribution in [3.05, 3.63) is 0 Å². The number of carbonyl (C=O) groups excluding carboxylic acids is 1. The molecule has 122 valence electrons. The average molecular weight is 301 g/mol. The van der Waals surface area contributed by atoms with Crippen molar-refractivity contribution < 1.29 is 24.5 Å². The van der Waals surface area contributed by atoms with Gasteiger partial charge in [-0.05, 0) is 39.0 Å². The first-order chi connectivity index (χ1) is 9.29. The van der Waals surface area contributed by atoms with Crippen molar-refractivity contribution in [3.63, 3.8) is 0 Å². The number of carbonyl (C=O) groups is 2. The molecule has 21 heavy (non-hydrogen) atoms. The minimum atomic E-state index is -1.49. The molecule has 0 saturated heterocycles. The summed E-state index contributed by atoms with van der Waals surface area (Å²) in [6.07, 6.45) is -0.945. The zero-order chi connectivity index (χ0) is 16.6. The van der Waals surface area contributed by atoms with E-state index in [1.165, 1.54) is 0 Å². The highest BCUT2D eigenvalue weighted by Crippen LogP contribution is 2.56. The lowest BCUT2D eigenvalue weighted by molar-refractivity contribution is -0.152. The third-order valence-electron chi connectivity index (χ3n) is 3.71. The van der Waals surface area contributed by atoms with Crippen molar-refractivity contribution in [1.82, 2.24) is 5.32 Å². The Morgan fingerprint density at radius 1 is 1.14 bits per heavy atom. The molecule has 0 aliphatic heterocycles. The van der Waals surface area contributed by atoms with Crippen LogP contribution in [0.5, 0.6) is 0 Å². The monoisotopic (exact) mass is 301 g/mol. The van der Waals surface area contributed by atoms with Gasteiger partial charge in [-0.1, -0.05) is 20.8 Å². The minimum Gasteiger partial charge on any atom is -0.479 e. The molecule has 6 nitrogen and oxygen atoms in total. The molecule has 0 heterocycles. The number of rotatable bonds is 4. The van der Waals surface area contributed by atoms with E-state index >= 15 is 0 Å². The van der Waals surface area contributed by atoms with Crippen LogP contribution < -0.4 is 5.32 Å². The molecule has 0 spiro atoms. The van der Waals surface area contributed by atoms with E-state index in [9.17, 15) is 14.7 Å². The summed E-state index contributed by atoms with van der Waals surface area (Å²) in [5, 5.41) is 21.9. The SMILES string of the molecule is CC(C)(C)OC(=O)NC(C(C)(C)C)C1(C(O)C(=O)O)CC1. The van der Waals surface area contributed by atoms with Crippen molar-refractivity contribution in [3.8, 4) is 0 Å². The predicted octanol–water partition coefficient (Wildman–Crippen LogP) is 2.15. The van der Waals surface area contributed by atoms with Gasteiger partial charge in [0.05, 0.1) is 0 Å². The Labute approximate surface area is 125 Å². The van der Waals surface area contributed by atoms with Crippen LogP contribution in [0.3, 0.4) is 0 Å². The Morgan fingerprint density at radius 3 is 1.90 bits per heavy atom. The summed E-state index contributed by atoms with van der Waals surface area (Å²) in [6.45, 7) is 11.0. The number of aliphatic hydroxyl groups is 1. The average Bonchev–Trinajstić information content (AvgIpc) is 3.01. The fourth-order valence-corrected chi connectivity index (χ4v) is 2.76. The van der Waals surface area contributed by atoms with Gasteiger partial charge in [0.1, 0.15) is 5.60 Å². The van der Waals surface area contributed by atoms with E-state index in [2.05, 4.69) is 5.32 Å². The number of hydrogen-bond acceptors (Lipinski definition) is 4. The number of aliphatic carboxylic acids is 1. The molecule has 1 amide bonds. The van der Waals surface area contributed by atoms with Gasteiger partial charge < -0.3 is 20.3 Å². The highest BCUT2D eigenvalue weighted by molar-refractivity contribution is 5.75. The van der Waals surface area contributed by atoms with Gasteiger partial charge in [-0.25, -0.2) is 9.59 Å². The van der Waals surface area contributed by atoms with E-state index in [1.54, 1.807) is 20.8 Å². The highest BCUT2D eigenvalue weighted by atomic mass is 16.6. The van der Waals surface area contributed by atoms with Crippen LogP contribution in [-0.2, 0) is 9.53 Å². The van der Waals surface area contributed by atoms with E-state index in [-0.39, 0.29) is 0 Å². The molecule has 1 fully saturated rings. The molecule has 1 rings (SSSR count). The Bertz CT molecular complexity index is 415. The summed E-state index contributed by atoms with van der Waals surface area (Å²) in [7, 11) is 0. The van der Waals surface area contributed by atoms with Crippen LogP contribution in [0.25, 0.3) is 0 Å². The first-order valence-electron chi connectivity index (χ1n) is 7.20. The first kappa shape index (κ1) is 17.8. The maximum Gasteiger partial charge on any atom is 0.407 e. The van der Waals surface area contributed by atoms with Crippen LogP contribution in [0.15, 0.2) is 0 Å². The van der Waals surface area contributed by atoms with Crippen molar-refractivity contribution in [2.45, 2.75) is 72.1 Å². The van der Waals surface area contributed by atoms with Gasteiger partial charge in [-0.3, -0.25) is 0 Å². The second-order valence-corrected chi connectivity index (χ2v) is 7.92. The van der Waals surface area contributed by atoms with E-state index < -0.39 is 40.6 Å². The second kappa shape index (κ2) is 5.48. The van der Waals surface area contributed by atoms with Crippen LogP contribution in [0, 0.1) is 10.8 Å². The van der Waals surface area contributed by atoms with E-state index in [1.807, 2.05) is 20.8 Å². The van der Waals surface area contributed by atoms with Crippen LogP contribution in [0.4, 0.5) is 4.79 Å². The zero-order valence-corrected chi connectivity index (χ0v) is 13.7. The van der Waals surface area contributed by atoms with Crippen LogP contribution in [-0.4, -0.2) is 40.0 Å². The maximum atomic E-state index is 12.0.